The maximum absolute atomic E-state index is 11.4. The van der Waals surface area contributed by atoms with Crippen LogP contribution in [0.15, 0.2) is 24.3 Å². The van der Waals surface area contributed by atoms with E-state index in [1.807, 2.05) is 45.0 Å². The number of aliphatic carboxylic acids is 1. The molecule has 1 atom stereocenters. The van der Waals surface area contributed by atoms with Gasteiger partial charge in [-0.2, -0.15) is 0 Å². The van der Waals surface area contributed by atoms with Gasteiger partial charge in [0.2, 0.25) is 0 Å². The van der Waals surface area contributed by atoms with Crippen molar-refractivity contribution in [2.75, 3.05) is 6.61 Å². The summed E-state index contributed by atoms with van der Waals surface area (Å²) < 4.78 is 5.58. The molecule has 0 aliphatic heterocycles. The minimum Gasteiger partial charge on any atom is -0.479 e. The van der Waals surface area contributed by atoms with Gasteiger partial charge in [0.1, 0.15) is 0 Å². The predicted molar refractivity (Wildman–Crippen MR) is 67.0 cm³/mol. The molecule has 0 aliphatic rings. The van der Waals surface area contributed by atoms with Gasteiger partial charge in [-0.1, -0.05) is 43.7 Å². The Morgan fingerprint density at radius 3 is 2.29 bits per heavy atom. The molecule has 0 radical (unpaired) electrons. The van der Waals surface area contributed by atoms with E-state index in [-0.39, 0.29) is 0 Å². The summed E-state index contributed by atoms with van der Waals surface area (Å²) in [6, 6.07) is 7.41. The molecule has 1 unspecified atom stereocenters. The zero-order valence-electron chi connectivity index (χ0n) is 10.9. The Bertz CT molecular complexity index is 381. The maximum Gasteiger partial charge on any atom is 0.340 e. The largest absolute Gasteiger partial charge is 0.479 e. The fraction of sp³-hybridized carbons (Fsp3) is 0.500. The molecule has 3 nitrogen and oxygen atoms in total. The first-order chi connectivity index (χ1) is 7.86. The molecule has 1 aromatic rings. The highest BCUT2D eigenvalue weighted by atomic mass is 16.5. The molecule has 1 rings (SSSR count). The van der Waals surface area contributed by atoms with Gasteiger partial charge in [-0.25, -0.2) is 4.79 Å². The molecule has 3 heteroatoms. The third-order valence-corrected chi connectivity index (χ3v) is 2.72. The van der Waals surface area contributed by atoms with Crippen LogP contribution in [0.4, 0.5) is 0 Å². The zero-order chi connectivity index (χ0) is 13.1. The number of aryl methyl sites for hydroxylation is 1. The summed E-state index contributed by atoms with van der Waals surface area (Å²) in [4.78, 5) is 11.4. The average Bonchev–Trinajstić information content (AvgIpc) is 2.26. The van der Waals surface area contributed by atoms with Crippen LogP contribution in [0.2, 0.25) is 0 Å². The van der Waals surface area contributed by atoms with Crippen molar-refractivity contribution in [2.45, 2.75) is 33.3 Å². The van der Waals surface area contributed by atoms with Crippen LogP contribution in [0.3, 0.4) is 0 Å². The lowest BCUT2D eigenvalue weighted by molar-refractivity contribution is -0.166. The van der Waals surface area contributed by atoms with Crippen LogP contribution in [-0.2, 0) is 15.1 Å². The van der Waals surface area contributed by atoms with Gasteiger partial charge in [-0.05, 0) is 25.3 Å². The van der Waals surface area contributed by atoms with Crippen LogP contribution in [0.5, 0.6) is 0 Å². The van der Waals surface area contributed by atoms with Gasteiger partial charge in [-0.3, -0.25) is 0 Å². The number of hydrogen-bond acceptors (Lipinski definition) is 2. The first-order valence-corrected chi connectivity index (χ1v) is 5.80. The van der Waals surface area contributed by atoms with Crippen LogP contribution in [-0.4, -0.2) is 17.7 Å². The lowest BCUT2D eigenvalue weighted by atomic mass is 9.95. The number of benzene rings is 1. The molecule has 0 aliphatic carbocycles. The molecule has 0 fully saturated rings. The van der Waals surface area contributed by atoms with Crippen molar-refractivity contribution < 1.29 is 14.6 Å². The lowest BCUT2D eigenvalue weighted by Crippen LogP contribution is -2.36. The van der Waals surface area contributed by atoms with Crippen molar-refractivity contribution in [3.8, 4) is 0 Å². The van der Waals surface area contributed by atoms with Gasteiger partial charge < -0.3 is 9.84 Å². The molecule has 17 heavy (non-hydrogen) atoms. The zero-order valence-corrected chi connectivity index (χ0v) is 10.9. The Labute approximate surface area is 102 Å². The van der Waals surface area contributed by atoms with Crippen LogP contribution in [0.25, 0.3) is 0 Å². The van der Waals surface area contributed by atoms with Gasteiger partial charge in [0.15, 0.2) is 5.60 Å². The van der Waals surface area contributed by atoms with Crippen LogP contribution < -0.4 is 0 Å². The minimum absolute atomic E-state index is 0.305. The molecule has 0 heterocycles. The summed E-state index contributed by atoms with van der Waals surface area (Å²) in [5.41, 5.74) is 0.513. The normalized spacial score (nSPS) is 14.6. The second-order valence-electron chi connectivity index (χ2n) is 4.91. The standard InChI is InChI=1S/C14H20O3/c1-10(2)9-17-14(4,13(15)16)12-7-5-11(3)6-8-12/h5-8,10H,9H2,1-4H3,(H,15,16). The Balaban J connectivity index is 2.98. The number of ether oxygens (including phenoxy) is 1. The molecule has 0 saturated heterocycles. The summed E-state index contributed by atoms with van der Waals surface area (Å²) in [5, 5.41) is 9.34. The molecule has 0 spiro atoms. The van der Waals surface area contributed by atoms with Crippen LogP contribution in [0.1, 0.15) is 31.9 Å². The number of carbonyl (C=O) groups is 1. The van der Waals surface area contributed by atoms with Gasteiger partial charge in [0.05, 0.1) is 6.61 Å². The molecule has 0 aromatic heterocycles. The molecule has 0 bridgehead atoms. The van der Waals surface area contributed by atoms with E-state index in [0.29, 0.717) is 18.1 Å². The van der Waals surface area contributed by atoms with E-state index in [1.165, 1.54) is 0 Å². The third-order valence-electron chi connectivity index (χ3n) is 2.72. The van der Waals surface area contributed by atoms with Crippen LogP contribution in [0, 0.1) is 12.8 Å². The number of carboxylic acids is 1. The van der Waals surface area contributed by atoms with E-state index >= 15 is 0 Å². The minimum atomic E-state index is -1.27. The third kappa shape index (κ3) is 3.30. The monoisotopic (exact) mass is 236 g/mol. The maximum atomic E-state index is 11.4. The average molecular weight is 236 g/mol. The number of rotatable bonds is 5. The summed E-state index contributed by atoms with van der Waals surface area (Å²) in [5.74, 6) is -0.652. The fourth-order valence-corrected chi connectivity index (χ4v) is 1.47. The Morgan fingerprint density at radius 1 is 1.35 bits per heavy atom. The molecular weight excluding hydrogens is 216 g/mol. The first-order valence-electron chi connectivity index (χ1n) is 5.80. The molecule has 1 aromatic carbocycles. The van der Waals surface area contributed by atoms with E-state index in [9.17, 15) is 9.90 Å². The highest BCUT2D eigenvalue weighted by molar-refractivity contribution is 5.79. The highest BCUT2D eigenvalue weighted by Gasteiger charge is 2.36. The lowest BCUT2D eigenvalue weighted by Gasteiger charge is -2.27. The number of carboxylic acid groups (broad SMARTS) is 1. The predicted octanol–water partition coefficient (Wildman–Crippen LogP) is 2.97. The summed E-state index contributed by atoms with van der Waals surface area (Å²) in [7, 11) is 0. The Morgan fingerprint density at radius 2 is 1.88 bits per heavy atom. The molecular formula is C14H20O3. The van der Waals surface area contributed by atoms with E-state index in [0.717, 1.165) is 5.56 Å². The summed E-state index contributed by atoms with van der Waals surface area (Å²) >= 11 is 0. The molecule has 0 saturated carbocycles. The van der Waals surface area contributed by atoms with Gasteiger partial charge >= 0.3 is 5.97 Å². The van der Waals surface area contributed by atoms with Gasteiger partial charge in [0, 0.05) is 0 Å². The van der Waals surface area contributed by atoms with E-state index in [1.54, 1.807) is 6.92 Å². The van der Waals surface area contributed by atoms with Crippen LogP contribution >= 0.6 is 0 Å². The quantitative estimate of drug-likeness (QED) is 0.855. The molecule has 0 amide bonds. The smallest absolute Gasteiger partial charge is 0.340 e. The van der Waals surface area contributed by atoms with Gasteiger partial charge in [0.25, 0.3) is 0 Å². The summed E-state index contributed by atoms with van der Waals surface area (Å²) in [6.07, 6.45) is 0. The van der Waals surface area contributed by atoms with Crippen molar-refractivity contribution in [3.63, 3.8) is 0 Å². The SMILES string of the molecule is Cc1ccc(C(C)(OCC(C)C)C(=O)O)cc1. The highest BCUT2D eigenvalue weighted by Crippen LogP contribution is 2.26. The fourth-order valence-electron chi connectivity index (χ4n) is 1.47. The van der Waals surface area contributed by atoms with Crippen molar-refractivity contribution >= 4 is 5.97 Å². The Kier molecular flexibility index (Phi) is 4.29. The van der Waals surface area contributed by atoms with Crippen molar-refractivity contribution in [1.29, 1.82) is 0 Å². The van der Waals surface area contributed by atoms with E-state index < -0.39 is 11.6 Å². The Hall–Kier alpha value is -1.35. The number of hydrogen-bond donors (Lipinski definition) is 1. The van der Waals surface area contributed by atoms with Crippen molar-refractivity contribution in [1.82, 2.24) is 0 Å². The first kappa shape index (κ1) is 13.7. The molecule has 94 valence electrons. The topological polar surface area (TPSA) is 46.5 Å². The van der Waals surface area contributed by atoms with Gasteiger partial charge in [-0.15, -0.1) is 0 Å². The van der Waals surface area contributed by atoms with Crippen molar-refractivity contribution in [3.05, 3.63) is 35.4 Å². The second-order valence-corrected chi connectivity index (χ2v) is 4.91. The van der Waals surface area contributed by atoms with E-state index in [2.05, 4.69) is 0 Å². The van der Waals surface area contributed by atoms with Crippen molar-refractivity contribution in [2.24, 2.45) is 5.92 Å². The second kappa shape index (κ2) is 5.32. The van der Waals surface area contributed by atoms with E-state index in [4.69, 9.17) is 4.74 Å². The molecule has 1 N–H and O–H groups in total. The summed E-state index contributed by atoms with van der Waals surface area (Å²) in [6.45, 7) is 7.99.